The Morgan fingerprint density at radius 2 is 1.76 bits per heavy atom. The van der Waals surface area contributed by atoms with Crippen LogP contribution in [0.25, 0.3) is 0 Å². The topological polar surface area (TPSA) is 45.0 Å². The highest BCUT2D eigenvalue weighted by Gasteiger charge is 2.42. The highest BCUT2D eigenvalue weighted by Crippen LogP contribution is 2.35. The van der Waals surface area contributed by atoms with Gasteiger partial charge in [-0.2, -0.15) is 0 Å². The molecule has 0 bridgehead atoms. The Bertz CT molecular complexity index is 1000. The van der Waals surface area contributed by atoms with E-state index in [2.05, 4.69) is 45.0 Å². The summed E-state index contributed by atoms with van der Waals surface area (Å²) in [6.07, 6.45) is 0. The predicted octanol–water partition coefficient (Wildman–Crippen LogP) is 5.53. The number of amides is 1. The van der Waals surface area contributed by atoms with Gasteiger partial charge in [-0.05, 0) is 34.6 Å². The van der Waals surface area contributed by atoms with Crippen LogP contribution in [-0.2, 0) is 16.0 Å². The molecule has 4 rings (SSSR count). The summed E-state index contributed by atoms with van der Waals surface area (Å²) in [5.74, 6) is 1.68. The second kappa shape index (κ2) is 7.45. The lowest BCUT2D eigenvalue weighted by Crippen LogP contribution is -2.41. The van der Waals surface area contributed by atoms with Crippen molar-refractivity contribution in [1.82, 2.24) is 4.90 Å². The van der Waals surface area contributed by atoms with Gasteiger partial charge in [-0.3, -0.25) is 9.79 Å². The maximum absolute atomic E-state index is 13.1. The number of nitrogens with zero attached hydrogens (tertiary/aromatic N) is 3. The molecule has 2 aliphatic heterocycles. The Morgan fingerprint density at radius 3 is 2.41 bits per heavy atom. The van der Waals surface area contributed by atoms with E-state index in [1.807, 2.05) is 38.1 Å². The molecule has 0 saturated heterocycles. The quantitative estimate of drug-likeness (QED) is 0.674. The van der Waals surface area contributed by atoms with Crippen LogP contribution in [0.2, 0.25) is 0 Å². The number of thioether (sulfide) groups is 1. The van der Waals surface area contributed by atoms with E-state index in [1.165, 1.54) is 11.1 Å². The molecule has 4 nitrogen and oxygen atoms in total. The van der Waals surface area contributed by atoms with E-state index in [1.54, 1.807) is 16.7 Å². The second-order valence-electron chi connectivity index (χ2n) is 8.96. The van der Waals surface area contributed by atoms with E-state index in [4.69, 9.17) is 9.98 Å². The van der Waals surface area contributed by atoms with Crippen LogP contribution in [0, 0.1) is 5.92 Å². The third-order valence-corrected chi connectivity index (χ3v) is 6.33. The number of hydrogen-bond acceptors (Lipinski definition) is 4. The summed E-state index contributed by atoms with van der Waals surface area (Å²) in [6, 6.07) is 16.3. The lowest BCUT2D eigenvalue weighted by molar-refractivity contribution is -0.125. The minimum Gasteiger partial charge on any atom is -0.271 e. The van der Waals surface area contributed by atoms with Gasteiger partial charge in [-0.25, -0.2) is 9.89 Å². The van der Waals surface area contributed by atoms with Crippen molar-refractivity contribution in [2.75, 3.05) is 0 Å². The van der Waals surface area contributed by atoms with Crippen LogP contribution in [-0.4, -0.2) is 27.9 Å². The van der Waals surface area contributed by atoms with Crippen LogP contribution in [0.1, 0.15) is 51.3 Å². The third-order valence-electron chi connectivity index (χ3n) is 5.32. The zero-order valence-electron chi connectivity index (χ0n) is 17.6. The summed E-state index contributed by atoms with van der Waals surface area (Å²) in [5, 5.41) is 0.718. The molecule has 29 heavy (non-hydrogen) atoms. The average molecular weight is 406 g/mol. The molecule has 0 aliphatic carbocycles. The summed E-state index contributed by atoms with van der Waals surface area (Å²) in [7, 11) is 0. The predicted molar refractivity (Wildman–Crippen MR) is 122 cm³/mol. The minimum atomic E-state index is -0.340. The third kappa shape index (κ3) is 3.76. The molecule has 0 radical (unpaired) electrons. The van der Waals surface area contributed by atoms with E-state index in [9.17, 15) is 4.79 Å². The average Bonchev–Trinajstić information content (AvgIpc) is 3.04. The number of benzene rings is 2. The molecular weight excluding hydrogens is 378 g/mol. The summed E-state index contributed by atoms with van der Waals surface area (Å²) < 4.78 is 0. The van der Waals surface area contributed by atoms with Crippen LogP contribution in [0.15, 0.2) is 58.5 Å². The molecule has 150 valence electrons. The van der Waals surface area contributed by atoms with Crippen LogP contribution >= 0.6 is 11.8 Å². The summed E-state index contributed by atoms with van der Waals surface area (Å²) in [5.41, 5.74) is 4.49. The Balaban J connectivity index is 1.61. The number of carbonyl (C=O) groups is 1. The molecule has 0 unspecified atom stereocenters. The number of fused-ring (bicyclic) bond motifs is 3. The zero-order valence-corrected chi connectivity index (χ0v) is 18.5. The van der Waals surface area contributed by atoms with Crippen molar-refractivity contribution >= 4 is 34.4 Å². The number of hydrogen-bond donors (Lipinski definition) is 0. The fourth-order valence-corrected chi connectivity index (χ4v) is 4.51. The molecule has 1 atom stereocenters. The number of rotatable bonds is 3. The van der Waals surface area contributed by atoms with Crippen molar-refractivity contribution < 1.29 is 4.79 Å². The van der Waals surface area contributed by atoms with Gasteiger partial charge in [0.05, 0.1) is 5.69 Å². The molecule has 2 aromatic rings. The minimum absolute atomic E-state index is 0.0267. The van der Waals surface area contributed by atoms with Gasteiger partial charge in [0, 0.05) is 11.3 Å². The van der Waals surface area contributed by atoms with E-state index in [0.717, 1.165) is 28.0 Å². The monoisotopic (exact) mass is 405 g/mol. The van der Waals surface area contributed by atoms with Gasteiger partial charge in [-0.1, -0.05) is 82.8 Å². The fourth-order valence-electron chi connectivity index (χ4n) is 3.55. The first-order chi connectivity index (χ1) is 13.8. The van der Waals surface area contributed by atoms with Gasteiger partial charge in [-0.15, -0.1) is 0 Å². The van der Waals surface area contributed by atoms with E-state index < -0.39 is 0 Å². The normalized spacial score (nSPS) is 18.5. The number of aliphatic imine (C=N–C) groups is 2. The Kier molecular flexibility index (Phi) is 5.11. The Labute approximate surface area is 177 Å². The van der Waals surface area contributed by atoms with E-state index in [-0.39, 0.29) is 23.3 Å². The summed E-state index contributed by atoms with van der Waals surface area (Å²) in [4.78, 5) is 24.4. The first kappa shape index (κ1) is 19.9. The number of para-hydroxylation sites is 1. The molecule has 1 amide bonds. The van der Waals surface area contributed by atoms with Crippen LogP contribution in [0.4, 0.5) is 5.69 Å². The first-order valence-electron chi connectivity index (χ1n) is 10.1. The SMILES string of the molecule is CC(C)[C@@H]1N=C2c3ccccc3N=C(SCc3ccc(C(C)(C)C)cc3)N2C1=O. The maximum atomic E-state index is 13.1. The van der Waals surface area contributed by atoms with Crippen molar-refractivity contribution in [3.8, 4) is 0 Å². The molecule has 5 heteroatoms. The van der Waals surface area contributed by atoms with Gasteiger partial charge in [0.15, 0.2) is 5.17 Å². The van der Waals surface area contributed by atoms with Crippen molar-refractivity contribution in [3.05, 3.63) is 65.2 Å². The fraction of sp³-hybridized carbons (Fsp3) is 0.375. The lowest BCUT2D eigenvalue weighted by Gasteiger charge is -2.26. The summed E-state index contributed by atoms with van der Waals surface area (Å²) >= 11 is 1.60. The van der Waals surface area contributed by atoms with Gasteiger partial charge in [0.25, 0.3) is 5.91 Å². The second-order valence-corrected chi connectivity index (χ2v) is 9.90. The number of amidine groups is 2. The van der Waals surface area contributed by atoms with Crippen molar-refractivity contribution in [2.45, 2.75) is 51.8 Å². The van der Waals surface area contributed by atoms with E-state index in [0.29, 0.717) is 0 Å². The Hall–Kier alpha value is -2.40. The number of carbonyl (C=O) groups excluding carboxylic acids is 1. The first-order valence-corrected chi connectivity index (χ1v) is 11.1. The summed E-state index contributed by atoms with van der Waals surface area (Å²) in [6.45, 7) is 10.7. The van der Waals surface area contributed by atoms with Gasteiger partial charge in [0.1, 0.15) is 11.9 Å². The molecule has 0 saturated carbocycles. The van der Waals surface area contributed by atoms with Crippen molar-refractivity contribution in [1.29, 1.82) is 0 Å². The lowest BCUT2D eigenvalue weighted by atomic mass is 9.87. The highest BCUT2D eigenvalue weighted by molar-refractivity contribution is 8.13. The standard InChI is InChI=1S/C24H27N3OS/c1-15(2)20-22(28)27-21(26-20)18-8-6-7-9-19(18)25-23(27)29-14-16-10-12-17(13-11-16)24(3,4)5/h6-13,15,20H,14H2,1-5H3/t20-/m0/s1. The van der Waals surface area contributed by atoms with Gasteiger partial charge >= 0.3 is 0 Å². The molecule has 0 aromatic heterocycles. The van der Waals surface area contributed by atoms with Crippen molar-refractivity contribution in [3.63, 3.8) is 0 Å². The highest BCUT2D eigenvalue weighted by atomic mass is 32.2. The molecule has 2 aromatic carbocycles. The van der Waals surface area contributed by atoms with Crippen LogP contribution < -0.4 is 0 Å². The molecule has 0 spiro atoms. The molecule has 2 heterocycles. The van der Waals surface area contributed by atoms with E-state index >= 15 is 0 Å². The maximum Gasteiger partial charge on any atom is 0.259 e. The largest absolute Gasteiger partial charge is 0.271 e. The van der Waals surface area contributed by atoms with Gasteiger partial charge in [0.2, 0.25) is 0 Å². The van der Waals surface area contributed by atoms with Crippen LogP contribution in [0.5, 0.6) is 0 Å². The van der Waals surface area contributed by atoms with Gasteiger partial charge < -0.3 is 0 Å². The molecule has 0 fully saturated rings. The van der Waals surface area contributed by atoms with Crippen LogP contribution in [0.3, 0.4) is 0 Å². The van der Waals surface area contributed by atoms with Crippen molar-refractivity contribution in [2.24, 2.45) is 15.9 Å². The Morgan fingerprint density at radius 1 is 1.07 bits per heavy atom. The molecule has 0 N–H and O–H groups in total. The zero-order chi connectivity index (χ0) is 20.8. The smallest absolute Gasteiger partial charge is 0.259 e. The molecule has 2 aliphatic rings. The molecular formula is C24H27N3OS.